The molecule has 0 amide bonds. The minimum Gasteiger partial charge on any atom is -0.493 e. The first-order valence-corrected chi connectivity index (χ1v) is 6.80. The molecule has 0 aromatic heterocycles. The summed E-state index contributed by atoms with van der Waals surface area (Å²) >= 11 is 11.8. The van der Waals surface area contributed by atoms with Crippen LogP contribution in [0.5, 0.6) is 17.2 Å². The monoisotopic (exact) mass is 312 g/mol. The second-order valence-corrected chi connectivity index (χ2v) is 4.77. The van der Waals surface area contributed by atoms with Gasteiger partial charge in [-0.15, -0.1) is 0 Å². The third kappa shape index (κ3) is 3.95. The van der Waals surface area contributed by atoms with Crippen LogP contribution in [0.25, 0.3) is 0 Å². The Morgan fingerprint density at radius 3 is 2.15 bits per heavy atom. The first kappa shape index (κ1) is 14.8. The standard InChI is InChI=1S/C15H14Cl2O3/c1-18-14-4-2-3-5-15(14)20-9-8-19-13-7-6-11(16)10-12(13)17/h2-7,10H,8-9H2,1H3. The minimum atomic E-state index is 0.374. The van der Waals surface area contributed by atoms with Gasteiger partial charge in [0.25, 0.3) is 0 Å². The van der Waals surface area contributed by atoms with E-state index < -0.39 is 0 Å². The van der Waals surface area contributed by atoms with Crippen LogP contribution < -0.4 is 14.2 Å². The lowest BCUT2D eigenvalue weighted by Gasteiger charge is -2.11. The molecule has 0 unspecified atom stereocenters. The quantitative estimate of drug-likeness (QED) is 0.737. The van der Waals surface area contributed by atoms with Gasteiger partial charge in [0.05, 0.1) is 12.1 Å². The van der Waals surface area contributed by atoms with Crippen molar-refractivity contribution < 1.29 is 14.2 Å². The number of hydrogen-bond acceptors (Lipinski definition) is 3. The van der Waals surface area contributed by atoms with Gasteiger partial charge in [-0.05, 0) is 30.3 Å². The van der Waals surface area contributed by atoms with E-state index >= 15 is 0 Å². The fourth-order valence-electron chi connectivity index (χ4n) is 1.63. The summed E-state index contributed by atoms with van der Waals surface area (Å²) in [4.78, 5) is 0. The minimum absolute atomic E-state index is 0.374. The lowest BCUT2D eigenvalue weighted by Crippen LogP contribution is -2.09. The Labute approximate surface area is 128 Å². The topological polar surface area (TPSA) is 27.7 Å². The normalized spacial score (nSPS) is 10.2. The third-order valence-corrected chi connectivity index (χ3v) is 3.09. The Kier molecular flexibility index (Phi) is 5.39. The molecular weight excluding hydrogens is 299 g/mol. The van der Waals surface area contributed by atoms with E-state index in [4.69, 9.17) is 37.4 Å². The fourth-order valence-corrected chi connectivity index (χ4v) is 2.10. The van der Waals surface area contributed by atoms with Crippen molar-refractivity contribution >= 4 is 23.2 Å². The number of halogens is 2. The number of ether oxygens (including phenoxy) is 3. The average Bonchev–Trinajstić information content (AvgIpc) is 2.46. The summed E-state index contributed by atoms with van der Waals surface area (Å²) in [7, 11) is 1.60. The highest BCUT2D eigenvalue weighted by Gasteiger charge is 2.04. The van der Waals surface area contributed by atoms with E-state index in [-0.39, 0.29) is 0 Å². The molecule has 0 saturated carbocycles. The smallest absolute Gasteiger partial charge is 0.161 e. The molecule has 0 fully saturated rings. The van der Waals surface area contributed by atoms with E-state index in [0.717, 1.165) is 0 Å². The first-order chi connectivity index (χ1) is 9.70. The molecule has 20 heavy (non-hydrogen) atoms. The van der Waals surface area contributed by atoms with Crippen molar-refractivity contribution in [2.75, 3.05) is 20.3 Å². The van der Waals surface area contributed by atoms with Crippen molar-refractivity contribution in [1.82, 2.24) is 0 Å². The molecule has 2 rings (SSSR count). The van der Waals surface area contributed by atoms with Crippen LogP contribution in [0.2, 0.25) is 10.0 Å². The maximum Gasteiger partial charge on any atom is 0.161 e. The molecule has 0 atom stereocenters. The van der Waals surface area contributed by atoms with Gasteiger partial charge in [-0.25, -0.2) is 0 Å². The molecule has 3 nitrogen and oxygen atoms in total. The van der Waals surface area contributed by atoms with Gasteiger partial charge in [0.1, 0.15) is 19.0 Å². The number of hydrogen-bond donors (Lipinski definition) is 0. The van der Waals surface area contributed by atoms with Gasteiger partial charge in [0, 0.05) is 5.02 Å². The zero-order valence-corrected chi connectivity index (χ0v) is 12.4. The Balaban J connectivity index is 1.84. The Hall–Kier alpha value is -1.58. The first-order valence-electron chi connectivity index (χ1n) is 6.04. The van der Waals surface area contributed by atoms with Gasteiger partial charge < -0.3 is 14.2 Å². The average molecular weight is 313 g/mol. The molecule has 0 radical (unpaired) electrons. The maximum atomic E-state index is 6.00. The van der Waals surface area contributed by atoms with Crippen LogP contribution in [0.15, 0.2) is 42.5 Å². The highest BCUT2D eigenvalue weighted by Crippen LogP contribution is 2.28. The number of rotatable bonds is 6. The second-order valence-electron chi connectivity index (χ2n) is 3.92. The molecule has 0 N–H and O–H groups in total. The largest absolute Gasteiger partial charge is 0.493 e. The molecule has 2 aromatic rings. The van der Waals surface area contributed by atoms with E-state index in [1.165, 1.54) is 0 Å². The van der Waals surface area contributed by atoms with Crippen LogP contribution in [0.1, 0.15) is 0 Å². The SMILES string of the molecule is COc1ccccc1OCCOc1ccc(Cl)cc1Cl. The number of methoxy groups -OCH3 is 1. The van der Waals surface area contributed by atoms with Crippen molar-refractivity contribution in [2.24, 2.45) is 0 Å². The summed E-state index contributed by atoms with van der Waals surface area (Å²) < 4.78 is 16.3. The van der Waals surface area contributed by atoms with E-state index in [1.807, 2.05) is 24.3 Å². The molecule has 0 aliphatic carbocycles. The van der Waals surface area contributed by atoms with Crippen LogP contribution >= 0.6 is 23.2 Å². The predicted molar refractivity (Wildman–Crippen MR) is 80.4 cm³/mol. The lowest BCUT2D eigenvalue weighted by molar-refractivity contribution is 0.211. The summed E-state index contributed by atoms with van der Waals surface area (Å²) in [6, 6.07) is 12.5. The Morgan fingerprint density at radius 1 is 0.850 bits per heavy atom. The molecular formula is C15H14Cl2O3. The molecule has 0 heterocycles. The van der Waals surface area contributed by atoms with Gasteiger partial charge >= 0.3 is 0 Å². The van der Waals surface area contributed by atoms with Crippen molar-refractivity contribution in [3.05, 3.63) is 52.5 Å². The zero-order chi connectivity index (χ0) is 14.4. The van der Waals surface area contributed by atoms with Gasteiger partial charge in [-0.1, -0.05) is 35.3 Å². The molecule has 0 bridgehead atoms. The van der Waals surface area contributed by atoms with E-state index in [0.29, 0.717) is 40.5 Å². The molecule has 106 valence electrons. The molecule has 0 aliphatic heterocycles. The predicted octanol–water partition coefficient (Wildman–Crippen LogP) is 4.46. The van der Waals surface area contributed by atoms with E-state index in [9.17, 15) is 0 Å². The van der Waals surface area contributed by atoms with Gasteiger partial charge in [-0.3, -0.25) is 0 Å². The maximum absolute atomic E-state index is 6.00. The molecule has 0 aliphatic rings. The zero-order valence-electron chi connectivity index (χ0n) is 10.9. The van der Waals surface area contributed by atoms with Crippen LogP contribution in [0, 0.1) is 0 Å². The van der Waals surface area contributed by atoms with E-state index in [2.05, 4.69) is 0 Å². The molecule has 0 spiro atoms. The Morgan fingerprint density at radius 2 is 1.50 bits per heavy atom. The summed E-state index contributed by atoms with van der Waals surface area (Å²) in [6.45, 7) is 0.763. The van der Waals surface area contributed by atoms with Crippen LogP contribution in [0.4, 0.5) is 0 Å². The summed E-state index contributed by atoms with van der Waals surface area (Å²) in [5.74, 6) is 1.96. The van der Waals surface area contributed by atoms with Crippen LogP contribution in [-0.4, -0.2) is 20.3 Å². The van der Waals surface area contributed by atoms with Crippen LogP contribution in [-0.2, 0) is 0 Å². The van der Waals surface area contributed by atoms with Crippen molar-refractivity contribution in [3.8, 4) is 17.2 Å². The van der Waals surface area contributed by atoms with E-state index in [1.54, 1.807) is 25.3 Å². The number of para-hydroxylation sites is 2. The van der Waals surface area contributed by atoms with Crippen LogP contribution in [0.3, 0.4) is 0 Å². The highest BCUT2D eigenvalue weighted by molar-refractivity contribution is 6.35. The second kappa shape index (κ2) is 7.27. The summed E-state index contributed by atoms with van der Waals surface area (Å²) in [6.07, 6.45) is 0. The van der Waals surface area contributed by atoms with Crippen molar-refractivity contribution in [2.45, 2.75) is 0 Å². The molecule has 5 heteroatoms. The summed E-state index contributed by atoms with van der Waals surface area (Å²) in [5.41, 5.74) is 0. The lowest BCUT2D eigenvalue weighted by atomic mass is 10.3. The van der Waals surface area contributed by atoms with Gasteiger partial charge in [0.2, 0.25) is 0 Å². The van der Waals surface area contributed by atoms with Gasteiger partial charge in [0.15, 0.2) is 11.5 Å². The van der Waals surface area contributed by atoms with Crippen molar-refractivity contribution in [3.63, 3.8) is 0 Å². The third-order valence-electron chi connectivity index (χ3n) is 2.56. The highest BCUT2D eigenvalue weighted by atomic mass is 35.5. The molecule has 0 saturated heterocycles. The van der Waals surface area contributed by atoms with Gasteiger partial charge in [-0.2, -0.15) is 0 Å². The number of benzene rings is 2. The molecule has 2 aromatic carbocycles. The van der Waals surface area contributed by atoms with Crippen molar-refractivity contribution in [1.29, 1.82) is 0 Å². The Bertz CT molecular complexity index is 573. The summed E-state index contributed by atoms with van der Waals surface area (Å²) in [5, 5.41) is 1.06. The fraction of sp³-hybridized carbons (Fsp3) is 0.200.